The molecule has 0 saturated heterocycles. The van der Waals surface area contributed by atoms with Crippen molar-refractivity contribution < 1.29 is 14.3 Å². The fraction of sp³-hybridized carbons (Fsp3) is 0.353. The Hall–Kier alpha value is -2.47. The zero-order valence-corrected chi connectivity index (χ0v) is 13.4. The number of aryl methyl sites for hydroxylation is 1. The molecule has 1 aromatic carbocycles. The SMILES string of the molecule is COCCn1ccc(NC(=O)CCC(=O)c2ccc(C)cc2)n1. The van der Waals surface area contributed by atoms with Gasteiger partial charge in [-0.15, -0.1) is 0 Å². The van der Waals surface area contributed by atoms with E-state index in [0.29, 0.717) is 24.5 Å². The Morgan fingerprint density at radius 2 is 1.91 bits per heavy atom. The van der Waals surface area contributed by atoms with E-state index in [1.165, 1.54) is 0 Å². The highest BCUT2D eigenvalue weighted by atomic mass is 16.5. The Morgan fingerprint density at radius 3 is 2.61 bits per heavy atom. The number of benzene rings is 1. The molecule has 0 spiro atoms. The first kappa shape index (κ1) is 16.9. The van der Waals surface area contributed by atoms with Gasteiger partial charge in [0.1, 0.15) is 0 Å². The highest BCUT2D eigenvalue weighted by molar-refractivity contribution is 5.99. The van der Waals surface area contributed by atoms with E-state index in [0.717, 1.165) is 5.56 Å². The maximum Gasteiger partial charge on any atom is 0.226 e. The van der Waals surface area contributed by atoms with Gasteiger partial charge in [0.15, 0.2) is 11.6 Å². The van der Waals surface area contributed by atoms with Crippen molar-refractivity contribution in [2.24, 2.45) is 0 Å². The van der Waals surface area contributed by atoms with Gasteiger partial charge in [-0.25, -0.2) is 0 Å². The molecule has 0 bridgehead atoms. The zero-order chi connectivity index (χ0) is 16.7. The van der Waals surface area contributed by atoms with Crippen LogP contribution in [0.15, 0.2) is 36.5 Å². The van der Waals surface area contributed by atoms with Crippen molar-refractivity contribution in [3.05, 3.63) is 47.7 Å². The number of nitrogens with one attached hydrogen (secondary N) is 1. The van der Waals surface area contributed by atoms with Crippen LogP contribution < -0.4 is 5.32 Å². The summed E-state index contributed by atoms with van der Waals surface area (Å²) in [6.45, 7) is 3.14. The molecule has 1 heterocycles. The lowest BCUT2D eigenvalue weighted by atomic mass is 10.1. The average Bonchev–Trinajstić information content (AvgIpc) is 2.98. The van der Waals surface area contributed by atoms with Gasteiger partial charge < -0.3 is 10.1 Å². The molecule has 6 nitrogen and oxygen atoms in total. The van der Waals surface area contributed by atoms with E-state index in [-0.39, 0.29) is 24.5 Å². The van der Waals surface area contributed by atoms with Gasteiger partial charge in [0.2, 0.25) is 5.91 Å². The summed E-state index contributed by atoms with van der Waals surface area (Å²) >= 11 is 0. The predicted molar refractivity (Wildman–Crippen MR) is 87.5 cm³/mol. The number of nitrogens with zero attached hydrogens (tertiary/aromatic N) is 2. The normalized spacial score (nSPS) is 10.5. The quantitative estimate of drug-likeness (QED) is 0.759. The molecule has 6 heteroatoms. The molecule has 0 fully saturated rings. The lowest BCUT2D eigenvalue weighted by Crippen LogP contribution is -2.14. The van der Waals surface area contributed by atoms with Crippen molar-refractivity contribution in [2.75, 3.05) is 19.0 Å². The summed E-state index contributed by atoms with van der Waals surface area (Å²) < 4.78 is 6.66. The third-order valence-electron chi connectivity index (χ3n) is 3.39. The van der Waals surface area contributed by atoms with Crippen LogP contribution >= 0.6 is 0 Å². The molecule has 2 aromatic rings. The van der Waals surface area contributed by atoms with E-state index in [4.69, 9.17) is 4.74 Å². The topological polar surface area (TPSA) is 73.2 Å². The highest BCUT2D eigenvalue weighted by Gasteiger charge is 2.10. The number of ether oxygens (including phenoxy) is 1. The molecule has 0 saturated carbocycles. The van der Waals surface area contributed by atoms with Crippen molar-refractivity contribution in [3.63, 3.8) is 0 Å². The molecular weight excluding hydrogens is 294 g/mol. The third kappa shape index (κ3) is 5.34. The molecule has 1 aromatic heterocycles. The molecule has 0 radical (unpaired) electrons. The van der Waals surface area contributed by atoms with Crippen LogP contribution in [0.4, 0.5) is 5.82 Å². The van der Waals surface area contributed by atoms with Crippen molar-refractivity contribution in [3.8, 4) is 0 Å². The number of hydrogen-bond acceptors (Lipinski definition) is 4. The second-order valence-corrected chi connectivity index (χ2v) is 5.29. The molecule has 122 valence electrons. The molecule has 0 aliphatic carbocycles. The smallest absolute Gasteiger partial charge is 0.226 e. The Bertz CT molecular complexity index is 662. The number of ketones is 1. The van der Waals surface area contributed by atoms with Gasteiger partial charge in [-0.3, -0.25) is 14.3 Å². The van der Waals surface area contributed by atoms with Crippen LogP contribution in [-0.2, 0) is 16.1 Å². The minimum Gasteiger partial charge on any atom is -0.383 e. The van der Waals surface area contributed by atoms with Crippen LogP contribution in [0.5, 0.6) is 0 Å². The van der Waals surface area contributed by atoms with E-state index < -0.39 is 0 Å². The molecule has 1 N–H and O–H groups in total. The highest BCUT2D eigenvalue weighted by Crippen LogP contribution is 2.09. The van der Waals surface area contributed by atoms with Gasteiger partial charge in [0, 0.05) is 37.8 Å². The van der Waals surface area contributed by atoms with Crippen LogP contribution in [0, 0.1) is 6.92 Å². The summed E-state index contributed by atoms with van der Waals surface area (Å²) in [7, 11) is 1.62. The van der Waals surface area contributed by atoms with Gasteiger partial charge in [-0.2, -0.15) is 5.10 Å². The molecule has 0 unspecified atom stereocenters. The number of carbonyl (C=O) groups is 2. The largest absolute Gasteiger partial charge is 0.383 e. The van der Waals surface area contributed by atoms with Crippen LogP contribution in [0.3, 0.4) is 0 Å². The molecule has 2 rings (SSSR count). The van der Waals surface area contributed by atoms with Gasteiger partial charge in [0.25, 0.3) is 0 Å². The van der Waals surface area contributed by atoms with Crippen molar-refractivity contribution in [1.82, 2.24) is 9.78 Å². The van der Waals surface area contributed by atoms with Crippen molar-refractivity contribution >= 4 is 17.5 Å². The molecule has 0 aliphatic rings. The summed E-state index contributed by atoms with van der Waals surface area (Å²) in [6, 6.07) is 9.06. The first-order valence-corrected chi connectivity index (χ1v) is 7.50. The fourth-order valence-corrected chi connectivity index (χ4v) is 2.05. The number of rotatable bonds is 8. The summed E-state index contributed by atoms with van der Waals surface area (Å²) in [5.74, 6) is 0.224. The van der Waals surface area contributed by atoms with Crippen molar-refractivity contribution in [2.45, 2.75) is 26.3 Å². The average molecular weight is 315 g/mol. The molecule has 23 heavy (non-hydrogen) atoms. The van der Waals surface area contributed by atoms with Crippen LogP contribution in [0.1, 0.15) is 28.8 Å². The number of Topliss-reactive ketones (excluding diaryl/α,β-unsaturated/α-hetero) is 1. The van der Waals surface area contributed by atoms with Crippen LogP contribution in [-0.4, -0.2) is 35.2 Å². The summed E-state index contributed by atoms with van der Waals surface area (Å²) in [6.07, 6.45) is 2.09. The number of carbonyl (C=O) groups excluding carboxylic acids is 2. The number of methoxy groups -OCH3 is 1. The van der Waals surface area contributed by atoms with E-state index >= 15 is 0 Å². The molecule has 0 atom stereocenters. The summed E-state index contributed by atoms with van der Waals surface area (Å²) in [5.41, 5.74) is 1.73. The number of anilines is 1. The van der Waals surface area contributed by atoms with Crippen molar-refractivity contribution in [1.29, 1.82) is 0 Å². The van der Waals surface area contributed by atoms with Gasteiger partial charge >= 0.3 is 0 Å². The molecular formula is C17H21N3O3. The zero-order valence-electron chi connectivity index (χ0n) is 13.4. The minimum atomic E-state index is -0.220. The fourth-order valence-electron chi connectivity index (χ4n) is 2.05. The van der Waals surface area contributed by atoms with Crippen LogP contribution in [0.2, 0.25) is 0 Å². The van der Waals surface area contributed by atoms with E-state index in [1.807, 2.05) is 19.1 Å². The lowest BCUT2D eigenvalue weighted by Gasteiger charge is -2.03. The van der Waals surface area contributed by atoms with Gasteiger partial charge in [-0.05, 0) is 6.92 Å². The maximum atomic E-state index is 12.0. The molecule has 0 aliphatic heterocycles. The number of hydrogen-bond donors (Lipinski definition) is 1. The minimum absolute atomic E-state index is 0.0363. The Kier molecular flexibility index (Phi) is 6.05. The second-order valence-electron chi connectivity index (χ2n) is 5.29. The number of aromatic nitrogens is 2. The van der Waals surface area contributed by atoms with Gasteiger partial charge in [0.05, 0.1) is 13.2 Å². The first-order valence-electron chi connectivity index (χ1n) is 7.50. The lowest BCUT2D eigenvalue weighted by molar-refractivity contribution is -0.116. The second kappa shape index (κ2) is 8.24. The standard InChI is InChI=1S/C17H21N3O3/c1-13-3-5-14(6-4-13)15(21)7-8-17(22)18-16-9-10-20(19-16)11-12-23-2/h3-6,9-10H,7-8,11-12H2,1-2H3,(H,18,19,22). The van der Waals surface area contributed by atoms with Gasteiger partial charge in [-0.1, -0.05) is 29.8 Å². The predicted octanol–water partition coefficient (Wildman–Crippen LogP) is 2.44. The third-order valence-corrected chi connectivity index (χ3v) is 3.39. The Balaban J connectivity index is 1.79. The maximum absolute atomic E-state index is 12.0. The summed E-state index contributed by atoms with van der Waals surface area (Å²) in [4.78, 5) is 23.9. The monoisotopic (exact) mass is 315 g/mol. The number of amides is 1. The Labute approximate surface area is 135 Å². The van der Waals surface area contributed by atoms with E-state index in [9.17, 15) is 9.59 Å². The summed E-state index contributed by atoms with van der Waals surface area (Å²) in [5, 5.41) is 6.89. The molecule has 1 amide bonds. The van der Waals surface area contributed by atoms with E-state index in [2.05, 4.69) is 10.4 Å². The Morgan fingerprint density at radius 1 is 1.17 bits per heavy atom. The first-order chi connectivity index (χ1) is 11.1. The van der Waals surface area contributed by atoms with E-state index in [1.54, 1.807) is 36.2 Å². The van der Waals surface area contributed by atoms with Crippen LogP contribution in [0.25, 0.3) is 0 Å².